The molecule has 0 N–H and O–H groups in total. The maximum Gasteiger partial charge on any atom is 0.507 e. The van der Waals surface area contributed by atoms with Crippen LogP contribution in [0.3, 0.4) is 0 Å². The van der Waals surface area contributed by atoms with Gasteiger partial charge in [-0.15, -0.1) is 11.3 Å². The van der Waals surface area contributed by atoms with E-state index in [9.17, 15) is 4.79 Å². The highest BCUT2D eigenvalue weighted by atomic mass is 35.5. The normalized spacial score (nSPS) is 18.8. The minimum atomic E-state index is -0.501. The van der Waals surface area contributed by atoms with Crippen LogP contribution >= 0.6 is 22.9 Å². The first-order chi connectivity index (χ1) is 11.1. The summed E-state index contributed by atoms with van der Waals surface area (Å²) in [4.78, 5) is 17.0. The van der Waals surface area contributed by atoms with Crippen molar-refractivity contribution in [1.29, 1.82) is 0 Å². The molecule has 1 aliphatic heterocycles. The summed E-state index contributed by atoms with van der Waals surface area (Å²) in [5.41, 5.74) is 0.479. The molecule has 1 aromatic carbocycles. The third-order valence-corrected chi connectivity index (χ3v) is 6.03. The number of thiazole rings is 1. The van der Waals surface area contributed by atoms with Crippen molar-refractivity contribution in [3.05, 3.63) is 45.6 Å². The van der Waals surface area contributed by atoms with E-state index in [0.29, 0.717) is 15.6 Å². The van der Waals surface area contributed by atoms with Crippen LogP contribution in [0.5, 0.6) is 0 Å². The molecule has 2 aromatic rings. The first-order valence-electron chi connectivity index (χ1n) is 7.74. The second-order valence-corrected chi connectivity index (χ2v) is 8.36. The van der Waals surface area contributed by atoms with E-state index in [-0.39, 0.29) is 5.78 Å². The number of aromatic nitrogens is 1. The molecular formula is C17H19BClNO3S. The van der Waals surface area contributed by atoms with E-state index >= 15 is 0 Å². The highest BCUT2D eigenvalue weighted by molar-refractivity contribution is 7.23. The molecule has 2 heterocycles. The molecule has 126 valence electrons. The minimum absolute atomic E-state index is 0.123. The van der Waals surface area contributed by atoms with Gasteiger partial charge in [-0.05, 0) is 58.9 Å². The predicted molar refractivity (Wildman–Crippen MR) is 97.5 cm³/mol. The first kappa shape index (κ1) is 17.6. The van der Waals surface area contributed by atoms with Crippen LogP contribution in [0.15, 0.2) is 24.3 Å². The van der Waals surface area contributed by atoms with Gasteiger partial charge in [0.05, 0.1) is 16.0 Å². The lowest BCUT2D eigenvalue weighted by Gasteiger charge is -2.32. The van der Waals surface area contributed by atoms with E-state index in [2.05, 4.69) is 4.98 Å². The molecule has 24 heavy (non-hydrogen) atoms. The highest BCUT2D eigenvalue weighted by Gasteiger charge is 2.53. The number of hydrogen-bond acceptors (Lipinski definition) is 5. The molecular weight excluding hydrogens is 345 g/mol. The zero-order chi connectivity index (χ0) is 17.7. The van der Waals surface area contributed by atoms with Crippen molar-refractivity contribution in [2.75, 3.05) is 0 Å². The third kappa shape index (κ3) is 3.04. The molecule has 1 saturated heterocycles. The van der Waals surface area contributed by atoms with Gasteiger partial charge < -0.3 is 9.31 Å². The summed E-state index contributed by atoms with van der Waals surface area (Å²) >= 11 is 7.20. The molecule has 0 aliphatic carbocycles. The van der Waals surface area contributed by atoms with E-state index in [4.69, 9.17) is 20.9 Å². The van der Waals surface area contributed by atoms with E-state index in [1.807, 2.05) is 34.6 Å². The van der Waals surface area contributed by atoms with E-state index in [0.717, 1.165) is 10.5 Å². The first-order valence-corrected chi connectivity index (χ1v) is 8.93. The van der Waals surface area contributed by atoms with Crippen molar-refractivity contribution in [3.8, 4) is 0 Å². The molecule has 1 fully saturated rings. The van der Waals surface area contributed by atoms with Crippen molar-refractivity contribution >= 4 is 40.6 Å². The van der Waals surface area contributed by atoms with Crippen LogP contribution < -0.4 is 4.78 Å². The number of benzene rings is 1. The fraction of sp³-hybridized carbons (Fsp3) is 0.412. The fourth-order valence-corrected chi connectivity index (χ4v) is 3.51. The highest BCUT2D eigenvalue weighted by Crippen LogP contribution is 2.37. The van der Waals surface area contributed by atoms with Crippen LogP contribution in [-0.4, -0.2) is 29.1 Å². The van der Waals surface area contributed by atoms with Crippen LogP contribution in [0.2, 0.25) is 5.02 Å². The molecule has 1 aliphatic rings. The molecule has 3 rings (SSSR count). The summed E-state index contributed by atoms with van der Waals surface area (Å²) in [6, 6.07) is 6.81. The summed E-state index contributed by atoms with van der Waals surface area (Å²) in [6.07, 6.45) is 0. The number of aryl methyl sites for hydroxylation is 1. The smallest absolute Gasteiger partial charge is 0.399 e. The number of halogens is 1. The molecule has 0 radical (unpaired) electrons. The summed E-state index contributed by atoms with van der Waals surface area (Å²) in [6.45, 7) is 9.88. The summed E-state index contributed by atoms with van der Waals surface area (Å²) in [5, 5.41) is 1.03. The van der Waals surface area contributed by atoms with Gasteiger partial charge >= 0.3 is 7.12 Å². The largest absolute Gasteiger partial charge is 0.507 e. The van der Waals surface area contributed by atoms with Gasteiger partial charge in [0.15, 0.2) is 5.01 Å². The van der Waals surface area contributed by atoms with Crippen molar-refractivity contribution in [1.82, 2.24) is 4.98 Å². The van der Waals surface area contributed by atoms with Crippen LogP contribution in [0, 0.1) is 6.92 Å². The van der Waals surface area contributed by atoms with Gasteiger partial charge in [0.25, 0.3) is 0 Å². The zero-order valence-electron chi connectivity index (χ0n) is 14.3. The third-order valence-electron chi connectivity index (χ3n) is 4.60. The topological polar surface area (TPSA) is 48.4 Å². The van der Waals surface area contributed by atoms with Gasteiger partial charge in [0, 0.05) is 16.3 Å². The Morgan fingerprint density at radius 3 is 2.21 bits per heavy atom. The second kappa shape index (κ2) is 5.95. The Morgan fingerprint density at radius 2 is 1.67 bits per heavy atom. The van der Waals surface area contributed by atoms with Crippen LogP contribution in [0.25, 0.3) is 0 Å². The van der Waals surface area contributed by atoms with E-state index < -0.39 is 18.3 Å². The Balaban J connectivity index is 1.89. The second-order valence-electron chi connectivity index (χ2n) is 6.89. The Bertz CT molecular complexity index is 770. The summed E-state index contributed by atoms with van der Waals surface area (Å²) in [5.74, 6) is -0.123. The van der Waals surface area contributed by atoms with Gasteiger partial charge in [-0.1, -0.05) is 11.6 Å². The lowest BCUT2D eigenvalue weighted by atomic mass is 9.86. The number of carbonyl (C=O) groups is 1. The number of hydrogen-bond donors (Lipinski definition) is 0. The molecule has 1 aromatic heterocycles. The minimum Gasteiger partial charge on any atom is -0.399 e. The number of ketones is 1. The van der Waals surface area contributed by atoms with E-state index in [1.165, 1.54) is 11.3 Å². The van der Waals surface area contributed by atoms with Crippen LogP contribution in [0.4, 0.5) is 0 Å². The average Bonchev–Trinajstić information content (AvgIpc) is 2.97. The predicted octanol–water partition coefficient (Wildman–Crippen LogP) is 3.64. The van der Waals surface area contributed by atoms with Crippen molar-refractivity contribution in [2.24, 2.45) is 0 Å². The monoisotopic (exact) mass is 363 g/mol. The van der Waals surface area contributed by atoms with Crippen LogP contribution in [0.1, 0.15) is 48.8 Å². The maximum absolute atomic E-state index is 12.6. The lowest BCUT2D eigenvalue weighted by molar-refractivity contribution is 0.00578. The Morgan fingerprint density at radius 1 is 1.12 bits per heavy atom. The van der Waals surface area contributed by atoms with Gasteiger partial charge in [-0.2, -0.15) is 0 Å². The molecule has 0 spiro atoms. The van der Waals surface area contributed by atoms with Crippen molar-refractivity contribution in [2.45, 2.75) is 45.8 Å². The van der Waals surface area contributed by atoms with E-state index in [1.54, 1.807) is 24.3 Å². The van der Waals surface area contributed by atoms with Gasteiger partial charge in [0.2, 0.25) is 5.78 Å². The zero-order valence-corrected chi connectivity index (χ0v) is 15.9. The summed E-state index contributed by atoms with van der Waals surface area (Å²) in [7, 11) is -0.501. The molecule has 0 unspecified atom stereocenters. The number of carbonyl (C=O) groups excluding carboxylic acids is 1. The fourth-order valence-electron chi connectivity index (χ4n) is 2.40. The molecule has 0 atom stereocenters. The van der Waals surface area contributed by atoms with Gasteiger partial charge in [-0.25, -0.2) is 4.98 Å². The van der Waals surface area contributed by atoms with Crippen molar-refractivity contribution in [3.63, 3.8) is 0 Å². The van der Waals surface area contributed by atoms with Crippen LogP contribution in [-0.2, 0) is 9.31 Å². The molecule has 4 nitrogen and oxygen atoms in total. The lowest BCUT2D eigenvalue weighted by Crippen LogP contribution is -2.41. The molecule has 7 heteroatoms. The standard InChI is InChI=1S/C17H19BClNO3S/c1-10-14(18-22-16(2,3)17(4,5)23-18)24-15(20-10)13(21)11-6-8-12(19)9-7-11/h6-9H,1-5H3. The Hall–Kier alpha value is -1.21. The SMILES string of the molecule is Cc1nc(C(=O)c2ccc(Cl)cc2)sc1B1OC(C)(C)C(C)(C)O1. The maximum atomic E-state index is 12.6. The quantitative estimate of drug-likeness (QED) is 0.617. The molecule has 0 bridgehead atoms. The molecule has 0 amide bonds. The summed E-state index contributed by atoms with van der Waals surface area (Å²) < 4.78 is 13.0. The molecule has 0 saturated carbocycles. The van der Waals surface area contributed by atoms with Gasteiger partial charge in [0.1, 0.15) is 0 Å². The average molecular weight is 364 g/mol. The number of nitrogens with zero attached hydrogens (tertiary/aromatic N) is 1. The van der Waals surface area contributed by atoms with Crippen molar-refractivity contribution < 1.29 is 14.1 Å². The van der Waals surface area contributed by atoms with Gasteiger partial charge in [-0.3, -0.25) is 4.79 Å². The number of rotatable bonds is 3. The Labute approximate surface area is 151 Å². The Kier molecular flexibility index (Phi) is 4.37.